The van der Waals surface area contributed by atoms with Crippen LogP contribution in [0.3, 0.4) is 0 Å². The average Bonchev–Trinajstić information content (AvgIpc) is 3.04. The normalized spacial score (nSPS) is 11.5. The minimum absolute atomic E-state index is 0.296. The molecule has 0 saturated carbocycles. The molecule has 0 radical (unpaired) electrons. The number of aryl methyl sites for hydroxylation is 1. The number of aromatic nitrogens is 2. The van der Waals surface area contributed by atoms with E-state index in [2.05, 4.69) is 4.98 Å². The van der Waals surface area contributed by atoms with Gasteiger partial charge >= 0.3 is 0 Å². The fraction of sp³-hybridized carbons (Fsp3) is 0.167. The molecule has 0 spiro atoms. The van der Waals surface area contributed by atoms with Crippen molar-refractivity contribution < 1.29 is 13.2 Å². The third-order valence-electron chi connectivity index (χ3n) is 3.89. The molecule has 0 aliphatic carbocycles. The summed E-state index contributed by atoms with van der Waals surface area (Å²) in [6.45, 7) is 1.99. The maximum Gasteiger partial charge on any atom is 0.175 e. The molecule has 0 N–H and O–H groups in total. The lowest BCUT2D eigenvalue weighted by Crippen LogP contribution is -1.99. The molecule has 0 unspecified atom stereocenters. The molecule has 24 heavy (non-hydrogen) atoms. The lowest BCUT2D eigenvalue weighted by molar-refractivity contribution is 0.412. The number of ether oxygens (including phenoxy) is 1. The van der Waals surface area contributed by atoms with Gasteiger partial charge in [-0.15, -0.1) is 0 Å². The first-order valence-corrected chi connectivity index (χ1v) is 9.27. The number of sulfone groups is 1. The summed E-state index contributed by atoms with van der Waals surface area (Å²) in [6.07, 6.45) is 4.68. The van der Waals surface area contributed by atoms with E-state index in [4.69, 9.17) is 4.74 Å². The van der Waals surface area contributed by atoms with Gasteiger partial charge in [0.25, 0.3) is 0 Å². The van der Waals surface area contributed by atoms with E-state index in [9.17, 15) is 8.42 Å². The highest BCUT2D eigenvalue weighted by atomic mass is 32.2. The van der Waals surface area contributed by atoms with Crippen LogP contribution < -0.4 is 4.74 Å². The molecule has 124 valence electrons. The largest absolute Gasteiger partial charge is 0.496 e. The van der Waals surface area contributed by atoms with Crippen LogP contribution in [-0.2, 0) is 9.84 Å². The maximum atomic E-state index is 11.6. The summed E-state index contributed by atoms with van der Waals surface area (Å²) in [5, 5.41) is 0. The Morgan fingerprint density at radius 1 is 1.08 bits per heavy atom. The Morgan fingerprint density at radius 3 is 2.42 bits per heavy atom. The Morgan fingerprint density at radius 2 is 1.79 bits per heavy atom. The maximum absolute atomic E-state index is 11.6. The Bertz CT molecular complexity index is 974. The molecular formula is C18H18N2O3S. The molecule has 0 fully saturated rings. The standard InChI is InChI=1S/C18H18N2O3S/c1-13-4-5-14(10-18(13)23-2)17-11-19-12-20(17)15-6-8-16(9-7-15)24(3,21)22/h4-12H,1-3H3. The minimum atomic E-state index is -3.21. The zero-order chi connectivity index (χ0) is 17.3. The van der Waals surface area contributed by atoms with Crippen molar-refractivity contribution in [2.45, 2.75) is 11.8 Å². The summed E-state index contributed by atoms with van der Waals surface area (Å²) in [5.41, 5.74) is 3.78. The van der Waals surface area contributed by atoms with Crippen LogP contribution in [0.25, 0.3) is 16.9 Å². The topological polar surface area (TPSA) is 61.2 Å². The molecule has 1 aromatic heterocycles. The summed E-state index contributed by atoms with van der Waals surface area (Å²) >= 11 is 0. The number of methoxy groups -OCH3 is 1. The van der Waals surface area contributed by atoms with E-state index in [1.54, 1.807) is 43.9 Å². The van der Waals surface area contributed by atoms with Crippen molar-refractivity contribution in [3.05, 3.63) is 60.6 Å². The van der Waals surface area contributed by atoms with Gasteiger partial charge in [0.15, 0.2) is 9.84 Å². The van der Waals surface area contributed by atoms with Gasteiger partial charge < -0.3 is 4.74 Å². The van der Waals surface area contributed by atoms with Crippen molar-refractivity contribution in [3.63, 3.8) is 0 Å². The van der Waals surface area contributed by atoms with Crippen molar-refractivity contribution in [1.29, 1.82) is 0 Å². The smallest absolute Gasteiger partial charge is 0.175 e. The van der Waals surface area contributed by atoms with Crippen LogP contribution in [0.1, 0.15) is 5.56 Å². The summed E-state index contributed by atoms with van der Waals surface area (Å²) in [6, 6.07) is 12.7. The van der Waals surface area contributed by atoms with Gasteiger partial charge in [0.05, 0.1) is 30.2 Å². The second-order valence-corrected chi connectivity index (χ2v) is 7.62. The van der Waals surface area contributed by atoms with Crippen LogP contribution in [-0.4, -0.2) is 31.3 Å². The van der Waals surface area contributed by atoms with Gasteiger partial charge in [0, 0.05) is 17.5 Å². The molecule has 0 bridgehead atoms. The molecular weight excluding hydrogens is 324 g/mol. The fourth-order valence-electron chi connectivity index (χ4n) is 2.55. The summed E-state index contributed by atoms with van der Waals surface area (Å²) in [7, 11) is -1.56. The van der Waals surface area contributed by atoms with Gasteiger partial charge in [-0.3, -0.25) is 4.57 Å². The SMILES string of the molecule is COc1cc(-c2cncn2-c2ccc(S(C)(=O)=O)cc2)ccc1C. The van der Waals surface area contributed by atoms with Gasteiger partial charge in [-0.1, -0.05) is 12.1 Å². The van der Waals surface area contributed by atoms with Gasteiger partial charge in [-0.05, 0) is 42.8 Å². The van der Waals surface area contributed by atoms with E-state index in [1.165, 1.54) is 6.26 Å². The Hall–Kier alpha value is -2.60. The lowest BCUT2D eigenvalue weighted by atomic mass is 10.1. The zero-order valence-electron chi connectivity index (χ0n) is 13.7. The number of nitrogens with zero attached hydrogens (tertiary/aromatic N) is 2. The third-order valence-corrected chi connectivity index (χ3v) is 5.01. The van der Waals surface area contributed by atoms with E-state index in [-0.39, 0.29) is 0 Å². The third kappa shape index (κ3) is 3.05. The van der Waals surface area contributed by atoms with Crippen LogP contribution >= 0.6 is 0 Å². The van der Waals surface area contributed by atoms with Crippen molar-refractivity contribution in [2.24, 2.45) is 0 Å². The number of hydrogen-bond donors (Lipinski definition) is 0. The number of hydrogen-bond acceptors (Lipinski definition) is 4. The van der Waals surface area contributed by atoms with E-state index in [1.807, 2.05) is 29.7 Å². The number of rotatable bonds is 4. The van der Waals surface area contributed by atoms with E-state index >= 15 is 0 Å². The van der Waals surface area contributed by atoms with E-state index in [0.29, 0.717) is 4.90 Å². The molecule has 5 nitrogen and oxygen atoms in total. The van der Waals surface area contributed by atoms with E-state index < -0.39 is 9.84 Å². The predicted molar refractivity (Wildman–Crippen MR) is 93.4 cm³/mol. The highest BCUT2D eigenvalue weighted by Gasteiger charge is 2.11. The number of imidazole rings is 1. The second-order valence-electron chi connectivity index (χ2n) is 5.60. The van der Waals surface area contributed by atoms with Gasteiger partial charge in [0.2, 0.25) is 0 Å². The van der Waals surface area contributed by atoms with Crippen LogP contribution in [0, 0.1) is 6.92 Å². The monoisotopic (exact) mass is 342 g/mol. The Balaban J connectivity index is 2.05. The first-order valence-electron chi connectivity index (χ1n) is 7.38. The zero-order valence-corrected chi connectivity index (χ0v) is 14.5. The second kappa shape index (κ2) is 6.13. The van der Waals surface area contributed by atoms with Crippen LogP contribution in [0.5, 0.6) is 5.75 Å². The van der Waals surface area contributed by atoms with Crippen LogP contribution in [0.4, 0.5) is 0 Å². The molecule has 0 amide bonds. The van der Waals surface area contributed by atoms with Crippen molar-refractivity contribution in [2.75, 3.05) is 13.4 Å². The lowest BCUT2D eigenvalue weighted by Gasteiger charge is -2.11. The van der Waals surface area contributed by atoms with Gasteiger partial charge in [-0.2, -0.15) is 0 Å². The minimum Gasteiger partial charge on any atom is -0.496 e. The first kappa shape index (κ1) is 16.3. The molecule has 0 aliphatic heterocycles. The molecule has 2 aromatic carbocycles. The van der Waals surface area contributed by atoms with Crippen molar-refractivity contribution in [1.82, 2.24) is 9.55 Å². The molecule has 0 atom stereocenters. The quantitative estimate of drug-likeness (QED) is 0.730. The van der Waals surface area contributed by atoms with Crippen molar-refractivity contribution >= 4 is 9.84 Å². The molecule has 3 rings (SSSR count). The molecule has 0 aliphatic rings. The van der Waals surface area contributed by atoms with E-state index in [0.717, 1.165) is 28.3 Å². The number of benzene rings is 2. The first-order chi connectivity index (χ1) is 11.4. The van der Waals surface area contributed by atoms with Gasteiger partial charge in [0.1, 0.15) is 5.75 Å². The molecule has 1 heterocycles. The molecule has 0 saturated heterocycles. The van der Waals surface area contributed by atoms with Crippen LogP contribution in [0.2, 0.25) is 0 Å². The van der Waals surface area contributed by atoms with Crippen molar-refractivity contribution in [3.8, 4) is 22.7 Å². The predicted octanol–water partition coefficient (Wildman–Crippen LogP) is 3.26. The van der Waals surface area contributed by atoms with Gasteiger partial charge in [-0.25, -0.2) is 13.4 Å². The fourth-order valence-corrected chi connectivity index (χ4v) is 3.18. The Kier molecular flexibility index (Phi) is 4.15. The Labute approximate surface area is 141 Å². The summed E-state index contributed by atoms with van der Waals surface area (Å²) in [4.78, 5) is 4.52. The summed E-state index contributed by atoms with van der Waals surface area (Å²) < 4.78 is 30.5. The average molecular weight is 342 g/mol. The highest BCUT2D eigenvalue weighted by molar-refractivity contribution is 7.90. The summed E-state index contributed by atoms with van der Waals surface area (Å²) in [5.74, 6) is 0.813. The molecule has 6 heteroatoms. The highest BCUT2D eigenvalue weighted by Crippen LogP contribution is 2.28. The van der Waals surface area contributed by atoms with Crippen LogP contribution in [0.15, 0.2) is 59.9 Å². The molecule has 3 aromatic rings.